The van der Waals surface area contributed by atoms with Gasteiger partial charge in [-0.25, -0.2) is 4.39 Å². The highest BCUT2D eigenvalue weighted by Gasteiger charge is 2.38. The second-order valence-electron chi connectivity index (χ2n) is 4.43. The van der Waals surface area contributed by atoms with Crippen molar-refractivity contribution in [3.63, 3.8) is 0 Å². The molecule has 0 radical (unpaired) electrons. The molecule has 2 atom stereocenters. The molecule has 0 spiro atoms. The second kappa shape index (κ2) is 3.20. The summed E-state index contributed by atoms with van der Waals surface area (Å²) in [4.78, 5) is 0. The molecule has 1 aliphatic heterocycles. The Bertz CT molecular complexity index is 387. The summed E-state index contributed by atoms with van der Waals surface area (Å²) in [6, 6.07) is 4.34. The SMILES string of the molecule is O[C@@H]1CC(C2CC2)Oc2cc(F)ccc21. The number of ether oxygens (including phenoxy) is 1. The number of aliphatic hydroxyl groups excluding tert-OH is 1. The molecule has 1 heterocycles. The number of benzene rings is 1. The summed E-state index contributed by atoms with van der Waals surface area (Å²) in [6.45, 7) is 0. The summed E-state index contributed by atoms with van der Waals surface area (Å²) in [7, 11) is 0. The molecular weight excluding hydrogens is 195 g/mol. The van der Waals surface area contributed by atoms with Gasteiger partial charge < -0.3 is 9.84 Å². The lowest BCUT2D eigenvalue weighted by Crippen LogP contribution is -2.27. The van der Waals surface area contributed by atoms with Crippen LogP contribution in [0.3, 0.4) is 0 Å². The summed E-state index contributed by atoms with van der Waals surface area (Å²) in [5.41, 5.74) is 0.716. The van der Waals surface area contributed by atoms with E-state index in [-0.39, 0.29) is 11.9 Å². The highest BCUT2D eigenvalue weighted by atomic mass is 19.1. The van der Waals surface area contributed by atoms with Gasteiger partial charge >= 0.3 is 0 Å². The molecule has 0 saturated heterocycles. The van der Waals surface area contributed by atoms with Gasteiger partial charge in [0.2, 0.25) is 0 Å². The van der Waals surface area contributed by atoms with E-state index in [9.17, 15) is 9.50 Å². The van der Waals surface area contributed by atoms with Gasteiger partial charge in [0.1, 0.15) is 17.7 Å². The molecule has 1 aromatic rings. The molecule has 2 aliphatic rings. The van der Waals surface area contributed by atoms with Crippen molar-refractivity contribution in [2.24, 2.45) is 5.92 Å². The zero-order valence-corrected chi connectivity index (χ0v) is 8.32. The van der Waals surface area contributed by atoms with Crippen LogP contribution in [0.1, 0.15) is 30.9 Å². The number of halogens is 1. The largest absolute Gasteiger partial charge is 0.490 e. The van der Waals surface area contributed by atoms with Crippen molar-refractivity contribution >= 4 is 0 Å². The monoisotopic (exact) mass is 208 g/mol. The van der Waals surface area contributed by atoms with Gasteiger partial charge in [0.05, 0.1) is 6.10 Å². The van der Waals surface area contributed by atoms with Crippen molar-refractivity contribution in [2.75, 3.05) is 0 Å². The standard InChI is InChI=1S/C12H13FO2/c13-8-3-4-9-10(14)6-11(7-1-2-7)15-12(9)5-8/h3-5,7,10-11,14H,1-2,6H2/t10-,11?/m1/s1. The molecule has 1 fully saturated rings. The van der Waals surface area contributed by atoms with Gasteiger partial charge in [0.15, 0.2) is 0 Å². The van der Waals surface area contributed by atoms with Gasteiger partial charge in [0.25, 0.3) is 0 Å². The Balaban J connectivity index is 1.93. The van der Waals surface area contributed by atoms with Crippen LogP contribution in [0.4, 0.5) is 4.39 Å². The van der Waals surface area contributed by atoms with E-state index in [1.807, 2.05) is 0 Å². The van der Waals surface area contributed by atoms with Crippen molar-refractivity contribution in [2.45, 2.75) is 31.5 Å². The Hall–Kier alpha value is -1.09. The van der Waals surface area contributed by atoms with E-state index in [4.69, 9.17) is 4.74 Å². The van der Waals surface area contributed by atoms with Crippen molar-refractivity contribution in [3.05, 3.63) is 29.6 Å². The molecule has 3 rings (SSSR count). The lowest BCUT2D eigenvalue weighted by Gasteiger charge is -2.29. The number of rotatable bonds is 1. The molecule has 3 heteroatoms. The topological polar surface area (TPSA) is 29.5 Å². The zero-order valence-electron chi connectivity index (χ0n) is 8.32. The Kier molecular flexibility index (Phi) is 1.96. The fourth-order valence-corrected chi connectivity index (χ4v) is 2.20. The van der Waals surface area contributed by atoms with Crippen molar-refractivity contribution in [3.8, 4) is 5.75 Å². The first-order valence-electron chi connectivity index (χ1n) is 5.38. The molecule has 0 bridgehead atoms. The molecule has 1 unspecified atom stereocenters. The molecule has 1 aliphatic carbocycles. The molecule has 15 heavy (non-hydrogen) atoms. The van der Waals surface area contributed by atoms with Crippen LogP contribution in [-0.2, 0) is 0 Å². The number of hydrogen-bond donors (Lipinski definition) is 1. The average Bonchev–Trinajstić information content (AvgIpc) is 2.99. The minimum atomic E-state index is -0.500. The molecule has 1 N–H and O–H groups in total. The van der Waals surface area contributed by atoms with E-state index in [0.29, 0.717) is 23.7 Å². The summed E-state index contributed by atoms with van der Waals surface area (Å²) in [5, 5.41) is 9.90. The molecule has 80 valence electrons. The number of aliphatic hydroxyl groups is 1. The maximum absolute atomic E-state index is 13.0. The Morgan fingerprint density at radius 1 is 1.33 bits per heavy atom. The van der Waals surface area contributed by atoms with Crippen LogP contribution in [0.15, 0.2) is 18.2 Å². The minimum absolute atomic E-state index is 0.0781. The van der Waals surface area contributed by atoms with Crippen LogP contribution >= 0.6 is 0 Å². The first kappa shape index (κ1) is 9.16. The predicted molar refractivity (Wildman–Crippen MR) is 53.1 cm³/mol. The normalized spacial score (nSPS) is 29.5. The van der Waals surface area contributed by atoms with Gasteiger partial charge in [-0.1, -0.05) is 0 Å². The summed E-state index contributed by atoms with van der Waals surface area (Å²) in [5.74, 6) is 0.777. The first-order valence-corrected chi connectivity index (χ1v) is 5.38. The minimum Gasteiger partial charge on any atom is -0.490 e. The summed E-state index contributed by atoms with van der Waals surface area (Å²) < 4.78 is 18.7. The third kappa shape index (κ3) is 1.61. The highest BCUT2D eigenvalue weighted by Crippen LogP contribution is 2.43. The Morgan fingerprint density at radius 3 is 2.87 bits per heavy atom. The Morgan fingerprint density at radius 2 is 2.13 bits per heavy atom. The first-order chi connectivity index (χ1) is 7.24. The van der Waals surface area contributed by atoms with E-state index in [0.717, 1.165) is 0 Å². The molecular formula is C12H13FO2. The predicted octanol–water partition coefficient (Wildman–Crippen LogP) is 2.42. The fraction of sp³-hybridized carbons (Fsp3) is 0.500. The molecule has 2 nitrogen and oxygen atoms in total. The third-order valence-corrected chi connectivity index (χ3v) is 3.22. The van der Waals surface area contributed by atoms with E-state index < -0.39 is 6.10 Å². The van der Waals surface area contributed by atoms with Crippen LogP contribution in [-0.4, -0.2) is 11.2 Å². The van der Waals surface area contributed by atoms with Crippen LogP contribution in [0.25, 0.3) is 0 Å². The smallest absolute Gasteiger partial charge is 0.128 e. The highest BCUT2D eigenvalue weighted by molar-refractivity contribution is 5.37. The van der Waals surface area contributed by atoms with Crippen molar-refractivity contribution < 1.29 is 14.2 Å². The fourth-order valence-electron chi connectivity index (χ4n) is 2.20. The second-order valence-corrected chi connectivity index (χ2v) is 4.43. The molecule has 1 aromatic carbocycles. The van der Waals surface area contributed by atoms with E-state index in [2.05, 4.69) is 0 Å². The van der Waals surface area contributed by atoms with Gasteiger partial charge in [0, 0.05) is 18.1 Å². The third-order valence-electron chi connectivity index (χ3n) is 3.22. The van der Waals surface area contributed by atoms with Crippen LogP contribution in [0.5, 0.6) is 5.75 Å². The average molecular weight is 208 g/mol. The maximum atomic E-state index is 13.0. The van der Waals surface area contributed by atoms with Crippen molar-refractivity contribution in [1.29, 1.82) is 0 Å². The number of fused-ring (bicyclic) bond motifs is 1. The van der Waals surface area contributed by atoms with Gasteiger partial charge in [-0.05, 0) is 30.9 Å². The van der Waals surface area contributed by atoms with Gasteiger partial charge in [-0.15, -0.1) is 0 Å². The van der Waals surface area contributed by atoms with Gasteiger partial charge in [-0.3, -0.25) is 0 Å². The van der Waals surface area contributed by atoms with Crippen LogP contribution in [0.2, 0.25) is 0 Å². The summed E-state index contributed by atoms with van der Waals surface area (Å²) in [6.07, 6.45) is 2.56. The van der Waals surface area contributed by atoms with Gasteiger partial charge in [-0.2, -0.15) is 0 Å². The van der Waals surface area contributed by atoms with E-state index >= 15 is 0 Å². The maximum Gasteiger partial charge on any atom is 0.128 e. The Labute approximate surface area is 87.7 Å². The zero-order chi connectivity index (χ0) is 10.4. The quantitative estimate of drug-likeness (QED) is 0.768. The molecule has 1 saturated carbocycles. The number of hydrogen-bond acceptors (Lipinski definition) is 2. The lowest BCUT2D eigenvalue weighted by molar-refractivity contribution is 0.0547. The van der Waals surface area contributed by atoms with Crippen molar-refractivity contribution in [1.82, 2.24) is 0 Å². The molecule has 0 amide bonds. The summed E-state index contributed by atoms with van der Waals surface area (Å²) >= 11 is 0. The lowest BCUT2D eigenvalue weighted by atomic mass is 9.97. The molecule has 0 aromatic heterocycles. The van der Waals surface area contributed by atoms with E-state index in [1.54, 1.807) is 6.07 Å². The van der Waals surface area contributed by atoms with Crippen LogP contribution < -0.4 is 4.74 Å². The van der Waals surface area contributed by atoms with E-state index in [1.165, 1.54) is 25.0 Å². The van der Waals surface area contributed by atoms with Crippen LogP contribution in [0, 0.1) is 11.7 Å².